The number of rotatable bonds is 10. The highest BCUT2D eigenvalue weighted by Crippen LogP contribution is 2.21. The van der Waals surface area contributed by atoms with Crippen molar-refractivity contribution in [1.82, 2.24) is 0 Å². The van der Waals surface area contributed by atoms with E-state index in [1.807, 2.05) is 19.1 Å². The molecule has 2 aromatic carbocycles. The number of carbonyl (C=O) groups excluding carboxylic acids is 2. The van der Waals surface area contributed by atoms with Crippen LogP contribution in [-0.4, -0.2) is 24.6 Å². The molecule has 4 nitrogen and oxygen atoms in total. The van der Waals surface area contributed by atoms with Crippen LogP contribution in [0.4, 0.5) is 0 Å². The molecule has 4 heteroatoms. The molecule has 0 aliphatic carbocycles. The second-order valence-electron chi connectivity index (χ2n) is 7.03. The Morgan fingerprint density at radius 3 is 2.07 bits per heavy atom. The maximum absolute atomic E-state index is 12.3. The van der Waals surface area contributed by atoms with E-state index >= 15 is 0 Å². The third kappa shape index (κ3) is 6.84. The van der Waals surface area contributed by atoms with Crippen LogP contribution >= 0.6 is 0 Å². The van der Waals surface area contributed by atoms with E-state index in [4.69, 9.17) is 9.47 Å². The fourth-order valence-corrected chi connectivity index (χ4v) is 2.81. The molecule has 1 atom stereocenters. The fourth-order valence-electron chi connectivity index (χ4n) is 2.81. The van der Waals surface area contributed by atoms with Crippen molar-refractivity contribution >= 4 is 11.9 Å². The van der Waals surface area contributed by atoms with Gasteiger partial charge in [0.25, 0.3) is 0 Å². The Kier molecular flexibility index (Phi) is 8.73. The predicted molar refractivity (Wildman–Crippen MR) is 111 cm³/mol. The van der Waals surface area contributed by atoms with Gasteiger partial charge in [-0.25, -0.2) is 4.79 Å². The van der Waals surface area contributed by atoms with Crippen LogP contribution in [0, 0.1) is 0 Å². The van der Waals surface area contributed by atoms with Gasteiger partial charge < -0.3 is 9.47 Å². The van der Waals surface area contributed by atoms with Gasteiger partial charge in [0.2, 0.25) is 0 Å². The first-order valence-corrected chi connectivity index (χ1v) is 10.1. The topological polar surface area (TPSA) is 52.6 Å². The summed E-state index contributed by atoms with van der Waals surface area (Å²) in [6, 6.07) is 15.9. The lowest BCUT2D eigenvalue weighted by molar-refractivity contribution is -0.146. The summed E-state index contributed by atoms with van der Waals surface area (Å²) in [7, 11) is 0. The zero-order valence-corrected chi connectivity index (χ0v) is 17.1. The monoisotopic (exact) mass is 382 g/mol. The first-order chi connectivity index (χ1) is 13.5. The van der Waals surface area contributed by atoms with Crippen LogP contribution in [-0.2, 0) is 20.7 Å². The third-order valence-corrected chi connectivity index (χ3v) is 4.47. The number of ether oxygens (including phenoxy) is 2. The van der Waals surface area contributed by atoms with Gasteiger partial charge in [-0.15, -0.1) is 0 Å². The molecule has 1 unspecified atom stereocenters. The molecule has 0 aliphatic heterocycles. The Hall–Kier alpha value is -2.62. The second-order valence-corrected chi connectivity index (χ2v) is 7.03. The number of aryl methyl sites for hydroxylation is 1. The Morgan fingerprint density at radius 2 is 1.50 bits per heavy atom. The molecule has 0 N–H and O–H groups in total. The number of benzene rings is 2. The maximum atomic E-state index is 12.3. The summed E-state index contributed by atoms with van der Waals surface area (Å²) < 4.78 is 10.4. The number of hydrogen-bond donors (Lipinski definition) is 0. The largest absolute Gasteiger partial charge is 0.462 e. The van der Waals surface area contributed by atoms with Gasteiger partial charge in [-0.05, 0) is 55.0 Å². The number of esters is 2. The van der Waals surface area contributed by atoms with Crippen LogP contribution in [0.15, 0.2) is 48.5 Å². The molecule has 0 radical (unpaired) electrons. The van der Waals surface area contributed by atoms with E-state index in [9.17, 15) is 9.59 Å². The highest BCUT2D eigenvalue weighted by atomic mass is 16.6. The van der Waals surface area contributed by atoms with E-state index in [0.717, 1.165) is 24.0 Å². The summed E-state index contributed by atoms with van der Waals surface area (Å²) in [5.74, 6) is -0.684. The summed E-state index contributed by atoms with van der Waals surface area (Å²) in [4.78, 5) is 23.6. The fraction of sp³-hybridized carbons (Fsp3) is 0.417. The lowest BCUT2D eigenvalue weighted by Crippen LogP contribution is -2.22. The SMILES string of the molecule is CCCCc1ccc(-c2ccc(C(=O)OC(C)COC(=O)CCC)cc2)cc1. The molecule has 150 valence electrons. The van der Waals surface area contributed by atoms with Gasteiger partial charge in [0.15, 0.2) is 0 Å². The van der Waals surface area contributed by atoms with Gasteiger partial charge in [0.1, 0.15) is 12.7 Å². The average molecular weight is 383 g/mol. The van der Waals surface area contributed by atoms with Crippen molar-refractivity contribution in [1.29, 1.82) is 0 Å². The van der Waals surface area contributed by atoms with E-state index in [1.165, 1.54) is 18.4 Å². The average Bonchev–Trinajstić information content (AvgIpc) is 2.71. The van der Waals surface area contributed by atoms with E-state index in [-0.39, 0.29) is 12.6 Å². The zero-order valence-electron chi connectivity index (χ0n) is 17.1. The highest BCUT2D eigenvalue weighted by molar-refractivity contribution is 5.90. The molecule has 2 aromatic rings. The quantitative estimate of drug-likeness (QED) is 0.503. The standard InChI is InChI=1S/C24H30O4/c1-4-6-8-19-9-11-20(12-10-19)21-13-15-22(16-14-21)24(26)28-18(3)17-27-23(25)7-5-2/h9-16,18H,4-8,17H2,1-3H3. The number of carbonyl (C=O) groups is 2. The minimum atomic E-state index is -0.483. The molecule has 0 aliphatic rings. The minimum absolute atomic E-state index is 0.0764. The highest BCUT2D eigenvalue weighted by Gasteiger charge is 2.14. The van der Waals surface area contributed by atoms with Crippen LogP contribution in [0.25, 0.3) is 11.1 Å². The van der Waals surface area contributed by atoms with E-state index < -0.39 is 12.1 Å². The Bertz CT molecular complexity index is 747. The second kappa shape index (κ2) is 11.3. The smallest absolute Gasteiger partial charge is 0.338 e. The molecule has 0 fully saturated rings. The van der Waals surface area contributed by atoms with Gasteiger partial charge in [-0.2, -0.15) is 0 Å². The van der Waals surface area contributed by atoms with Gasteiger partial charge in [-0.1, -0.05) is 56.7 Å². The van der Waals surface area contributed by atoms with Crippen LogP contribution in [0.2, 0.25) is 0 Å². The Balaban J connectivity index is 1.90. The molecule has 0 saturated carbocycles. The van der Waals surface area contributed by atoms with Crippen molar-refractivity contribution in [3.8, 4) is 11.1 Å². The minimum Gasteiger partial charge on any atom is -0.462 e. The maximum Gasteiger partial charge on any atom is 0.338 e. The molecular weight excluding hydrogens is 352 g/mol. The lowest BCUT2D eigenvalue weighted by Gasteiger charge is -2.14. The van der Waals surface area contributed by atoms with Crippen LogP contribution in [0.1, 0.15) is 62.4 Å². The van der Waals surface area contributed by atoms with Gasteiger partial charge in [0, 0.05) is 6.42 Å². The number of hydrogen-bond acceptors (Lipinski definition) is 4. The normalized spacial score (nSPS) is 11.7. The van der Waals surface area contributed by atoms with Crippen molar-refractivity contribution in [3.05, 3.63) is 59.7 Å². The van der Waals surface area contributed by atoms with Crippen molar-refractivity contribution in [2.24, 2.45) is 0 Å². The molecule has 0 aromatic heterocycles. The summed E-state index contributed by atoms with van der Waals surface area (Å²) in [5, 5.41) is 0. The summed E-state index contributed by atoms with van der Waals surface area (Å²) in [5.41, 5.74) is 4.01. The summed E-state index contributed by atoms with van der Waals surface area (Å²) in [6.45, 7) is 5.90. The predicted octanol–water partition coefficient (Wildman–Crippen LogP) is 5.58. The summed E-state index contributed by atoms with van der Waals surface area (Å²) in [6.07, 6.45) is 4.13. The van der Waals surface area contributed by atoms with Crippen molar-refractivity contribution in [3.63, 3.8) is 0 Å². The molecule has 0 heterocycles. The van der Waals surface area contributed by atoms with Crippen molar-refractivity contribution in [2.75, 3.05) is 6.61 Å². The molecular formula is C24H30O4. The Labute approximate surface area is 167 Å². The van der Waals surface area contributed by atoms with Crippen molar-refractivity contribution in [2.45, 2.75) is 59.0 Å². The van der Waals surface area contributed by atoms with Crippen molar-refractivity contribution < 1.29 is 19.1 Å². The Morgan fingerprint density at radius 1 is 0.893 bits per heavy atom. The van der Waals surface area contributed by atoms with Crippen LogP contribution in [0.5, 0.6) is 0 Å². The van der Waals surface area contributed by atoms with E-state index in [2.05, 4.69) is 31.2 Å². The first kappa shape index (κ1) is 21.7. The van der Waals surface area contributed by atoms with E-state index in [1.54, 1.807) is 19.1 Å². The van der Waals surface area contributed by atoms with Crippen LogP contribution < -0.4 is 0 Å². The lowest BCUT2D eigenvalue weighted by atomic mass is 10.0. The van der Waals surface area contributed by atoms with Gasteiger partial charge in [0.05, 0.1) is 5.56 Å². The number of unbranched alkanes of at least 4 members (excludes halogenated alkanes) is 1. The third-order valence-electron chi connectivity index (χ3n) is 4.47. The molecule has 0 amide bonds. The van der Waals surface area contributed by atoms with Crippen LogP contribution in [0.3, 0.4) is 0 Å². The molecule has 0 saturated heterocycles. The first-order valence-electron chi connectivity index (χ1n) is 10.1. The molecule has 0 bridgehead atoms. The molecule has 2 rings (SSSR count). The summed E-state index contributed by atoms with van der Waals surface area (Å²) >= 11 is 0. The zero-order chi connectivity index (χ0) is 20.4. The molecule has 28 heavy (non-hydrogen) atoms. The molecule has 0 spiro atoms. The van der Waals surface area contributed by atoms with Gasteiger partial charge in [-0.3, -0.25) is 4.79 Å². The van der Waals surface area contributed by atoms with Gasteiger partial charge >= 0.3 is 11.9 Å². The van der Waals surface area contributed by atoms with E-state index in [0.29, 0.717) is 12.0 Å².